The van der Waals surface area contributed by atoms with E-state index in [-0.39, 0.29) is 11.5 Å². The van der Waals surface area contributed by atoms with Gasteiger partial charge in [-0.2, -0.15) is 0 Å². The Kier molecular flexibility index (Phi) is 4.30. The first-order chi connectivity index (χ1) is 12.6. The van der Waals surface area contributed by atoms with E-state index in [1.165, 1.54) is 16.8 Å². The molecule has 1 unspecified atom stereocenters. The summed E-state index contributed by atoms with van der Waals surface area (Å²) in [7, 11) is 2.07. The molecule has 1 amide bonds. The maximum Gasteiger partial charge on any atom is 0.273 e. The number of amides is 1. The molecule has 7 heteroatoms. The Labute approximate surface area is 150 Å². The van der Waals surface area contributed by atoms with E-state index >= 15 is 0 Å². The lowest BCUT2D eigenvalue weighted by Gasteiger charge is -2.19. The lowest BCUT2D eigenvalue weighted by molar-refractivity contribution is 0.0945. The first-order valence-electron chi connectivity index (χ1n) is 8.78. The van der Waals surface area contributed by atoms with Crippen molar-refractivity contribution < 1.29 is 4.79 Å². The summed E-state index contributed by atoms with van der Waals surface area (Å²) in [6.07, 6.45) is 3.77. The van der Waals surface area contributed by atoms with Crippen LogP contribution in [0.15, 0.2) is 47.4 Å². The molecule has 1 aliphatic rings. The van der Waals surface area contributed by atoms with Crippen molar-refractivity contribution in [3.8, 4) is 11.3 Å². The van der Waals surface area contributed by atoms with Crippen molar-refractivity contribution in [2.45, 2.75) is 18.9 Å². The zero-order valence-corrected chi connectivity index (χ0v) is 14.6. The number of hydrogen-bond acceptors (Lipinski definition) is 4. The van der Waals surface area contributed by atoms with Gasteiger partial charge in [0.1, 0.15) is 5.56 Å². The molecular formula is C19H21N5O2. The number of hydrogen-bond donors (Lipinski definition) is 2. The molecule has 2 N–H and O–H groups in total. The van der Waals surface area contributed by atoms with Gasteiger partial charge in [0, 0.05) is 30.4 Å². The van der Waals surface area contributed by atoms with Crippen LogP contribution in [-0.4, -0.2) is 51.6 Å². The summed E-state index contributed by atoms with van der Waals surface area (Å²) in [5.41, 5.74) is 1.87. The van der Waals surface area contributed by atoms with E-state index in [0.717, 1.165) is 24.9 Å². The number of nitrogens with one attached hydrogen (secondary N) is 2. The number of nitrogens with zero attached hydrogens (tertiary/aromatic N) is 3. The highest BCUT2D eigenvalue weighted by molar-refractivity contribution is 5.99. The van der Waals surface area contributed by atoms with Crippen LogP contribution in [0.3, 0.4) is 0 Å². The zero-order valence-electron chi connectivity index (χ0n) is 14.6. The van der Waals surface area contributed by atoms with Crippen LogP contribution in [-0.2, 0) is 0 Å². The second-order valence-electron chi connectivity index (χ2n) is 6.68. The molecule has 3 aromatic rings. The average Bonchev–Trinajstić information content (AvgIpc) is 3.27. The standard InChI is InChI=1S/C19H21N5O2/c1-23-9-5-8-14(23)11-20-19(26)15-12-21-24-17(25)10-16(22-18(15)24)13-6-3-2-4-7-13/h2-4,6-7,10,12,14,21H,5,8-9,11H2,1H3,(H,20,26). The number of carbonyl (C=O) groups is 1. The number of aromatic nitrogens is 3. The monoisotopic (exact) mass is 351 g/mol. The fraction of sp³-hybridized carbons (Fsp3) is 0.316. The van der Waals surface area contributed by atoms with Crippen LogP contribution in [0.1, 0.15) is 23.2 Å². The predicted octanol–water partition coefficient (Wildman–Crippen LogP) is 1.51. The van der Waals surface area contributed by atoms with E-state index < -0.39 is 0 Å². The van der Waals surface area contributed by atoms with E-state index in [1.54, 1.807) is 0 Å². The summed E-state index contributed by atoms with van der Waals surface area (Å²) in [6.45, 7) is 1.65. The largest absolute Gasteiger partial charge is 0.350 e. The molecule has 26 heavy (non-hydrogen) atoms. The van der Waals surface area contributed by atoms with Gasteiger partial charge in [0.05, 0.1) is 5.69 Å². The van der Waals surface area contributed by atoms with Gasteiger partial charge in [-0.05, 0) is 26.4 Å². The SMILES string of the molecule is CN1CCCC1CNC(=O)c1c[nH]n2c(=O)cc(-c3ccccc3)nc12. The summed E-state index contributed by atoms with van der Waals surface area (Å²) in [5.74, 6) is -0.221. The number of benzene rings is 1. The van der Waals surface area contributed by atoms with Gasteiger partial charge in [-0.3, -0.25) is 14.7 Å². The van der Waals surface area contributed by atoms with E-state index in [4.69, 9.17) is 0 Å². The van der Waals surface area contributed by atoms with Crippen LogP contribution in [0, 0.1) is 0 Å². The van der Waals surface area contributed by atoms with E-state index in [1.807, 2.05) is 30.3 Å². The predicted molar refractivity (Wildman–Crippen MR) is 99.2 cm³/mol. The zero-order chi connectivity index (χ0) is 18.1. The van der Waals surface area contributed by atoms with Crippen LogP contribution in [0.25, 0.3) is 16.9 Å². The highest BCUT2D eigenvalue weighted by Gasteiger charge is 2.22. The molecule has 0 spiro atoms. The van der Waals surface area contributed by atoms with Crippen LogP contribution in [0.4, 0.5) is 0 Å². The summed E-state index contributed by atoms with van der Waals surface area (Å²) >= 11 is 0. The number of likely N-dealkylation sites (tertiary alicyclic amines) is 1. The summed E-state index contributed by atoms with van der Waals surface area (Å²) in [6, 6.07) is 11.3. The second-order valence-corrected chi connectivity index (χ2v) is 6.68. The lowest BCUT2D eigenvalue weighted by Crippen LogP contribution is -2.38. The molecule has 1 saturated heterocycles. The number of H-pyrrole nitrogens is 1. The maximum atomic E-state index is 12.6. The number of rotatable bonds is 4. The molecular weight excluding hydrogens is 330 g/mol. The number of fused-ring (bicyclic) bond motifs is 1. The van der Waals surface area contributed by atoms with Gasteiger partial charge in [0.25, 0.3) is 11.5 Å². The third-order valence-corrected chi connectivity index (χ3v) is 4.98. The second kappa shape index (κ2) is 6.76. The van der Waals surface area contributed by atoms with Gasteiger partial charge in [0.2, 0.25) is 0 Å². The van der Waals surface area contributed by atoms with E-state index in [2.05, 4.69) is 27.3 Å². The molecule has 1 fully saturated rings. The van der Waals surface area contributed by atoms with Crippen LogP contribution in [0.5, 0.6) is 0 Å². The van der Waals surface area contributed by atoms with Gasteiger partial charge in [-0.25, -0.2) is 9.50 Å². The van der Waals surface area contributed by atoms with Crippen molar-refractivity contribution in [2.75, 3.05) is 20.1 Å². The third kappa shape index (κ3) is 3.01. The average molecular weight is 351 g/mol. The molecule has 3 heterocycles. The normalized spacial score (nSPS) is 17.7. The van der Waals surface area contributed by atoms with Crippen molar-refractivity contribution in [1.29, 1.82) is 0 Å². The molecule has 134 valence electrons. The van der Waals surface area contributed by atoms with Crippen molar-refractivity contribution in [3.05, 3.63) is 58.5 Å². The Morgan fingerprint density at radius 2 is 2.15 bits per heavy atom. The van der Waals surface area contributed by atoms with Gasteiger partial charge in [-0.15, -0.1) is 0 Å². The Hall–Kier alpha value is -2.93. The molecule has 0 aliphatic carbocycles. The molecule has 2 aromatic heterocycles. The number of aromatic amines is 1. The molecule has 1 aromatic carbocycles. The van der Waals surface area contributed by atoms with E-state index in [0.29, 0.717) is 29.5 Å². The Morgan fingerprint density at radius 1 is 1.35 bits per heavy atom. The highest BCUT2D eigenvalue weighted by Crippen LogP contribution is 2.17. The van der Waals surface area contributed by atoms with Crippen molar-refractivity contribution in [2.24, 2.45) is 0 Å². The Balaban J connectivity index is 1.64. The van der Waals surface area contributed by atoms with Gasteiger partial charge < -0.3 is 10.2 Å². The minimum Gasteiger partial charge on any atom is -0.350 e. The molecule has 4 rings (SSSR count). The van der Waals surface area contributed by atoms with Gasteiger partial charge in [-0.1, -0.05) is 30.3 Å². The topological polar surface area (TPSA) is 82.5 Å². The lowest BCUT2D eigenvalue weighted by atomic mass is 10.1. The van der Waals surface area contributed by atoms with Crippen molar-refractivity contribution in [3.63, 3.8) is 0 Å². The Morgan fingerprint density at radius 3 is 2.88 bits per heavy atom. The molecule has 0 saturated carbocycles. The maximum absolute atomic E-state index is 12.6. The van der Waals surface area contributed by atoms with Gasteiger partial charge >= 0.3 is 0 Å². The quantitative estimate of drug-likeness (QED) is 0.746. The molecule has 0 bridgehead atoms. The first kappa shape index (κ1) is 16.5. The molecule has 0 radical (unpaired) electrons. The first-order valence-corrected chi connectivity index (χ1v) is 8.78. The highest BCUT2D eigenvalue weighted by atomic mass is 16.2. The van der Waals surface area contributed by atoms with Crippen molar-refractivity contribution in [1.82, 2.24) is 24.8 Å². The van der Waals surface area contributed by atoms with E-state index in [9.17, 15) is 9.59 Å². The van der Waals surface area contributed by atoms with Crippen LogP contribution < -0.4 is 10.9 Å². The molecule has 1 atom stereocenters. The summed E-state index contributed by atoms with van der Waals surface area (Å²) in [5, 5.41) is 5.80. The summed E-state index contributed by atoms with van der Waals surface area (Å²) in [4.78, 5) is 31.8. The van der Waals surface area contributed by atoms with Gasteiger partial charge in [0.15, 0.2) is 5.65 Å². The number of carbonyl (C=O) groups excluding carboxylic acids is 1. The summed E-state index contributed by atoms with van der Waals surface area (Å²) < 4.78 is 1.29. The minimum absolute atomic E-state index is 0.221. The number of likely N-dealkylation sites (N-methyl/N-ethyl adjacent to an activating group) is 1. The molecule has 7 nitrogen and oxygen atoms in total. The molecule has 1 aliphatic heterocycles. The van der Waals surface area contributed by atoms with Crippen molar-refractivity contribution >= 4 is 11.6 Å². The Bertz CT molecular complexity index is 992. The van der Waals surface area contributed by atoms with Crippen LogP contribution >= 0.6 is 0 Å². The fourth-order valence-corrected chi connectivity index (χ4v) is 3.45. The smallest absolute Gasteiger partial charge is 0.273 e. The minimum atomic E-state index is -0.247. The fourth-order valence-electron chi connectivity index (χ4n) is 3.45. The van der Waals surface area contributed by atoms with Crippen LogP contribution in [0.2, 0.25) is 0 Å². The third-order valence-electron chi connectivity index (χ3n) is 4.98.